The summed E-state index contributed by atoms with van der Waals surface area (Å²) in [5, 5.41) is 5.85. The van der Waals surface area contributed by atoms with Crippen molar-refractivity contribution in [1.29, 1.82) is 0 Å². The average molecular weight is 320 g/mol. The monoisotopic (exact) mass is 320 g/mol. The van der Waals surface area contributed by atoms with Crippen LogP contribution in [0.15, 0.2) is 72.1 Å². The molecule has 2 aromatic carbocycles. The van der Waals surface area contributed by atoms with Crippen molar-refractivity contribution in [3.63, 3.8) is 0 Å². The van der Waals surface area contributed by atoms with E-state index < -0.39 is 0 Å². The highest BCUT2D eigenvalue weighted by Crippen LogP contribution is 2.19. The van der Waals surface area contributed by atoms with Crippen LogP contribution < -0.4 is 22.1 Å². The molecule has 1 aliphatic rings. The molecular weight excluding hydrogens is 304 g/mol. The predicted molar refractivity (Wildman–Crippen MR) is 95.1 cm³/mol. The number of hydrogen-bond acceptors (Lipinski definition) is 6. The number of anilines is 4. The van der Waals surface area contributed by atoms with Crippen LogP contribution in [-0.2, 0) is 9.59 Å². The second-order valence-corrected chi connectivity index (χ2v) is 5.34. The van der Waals surface area contributed by atoms with Gasteiger partial charge in [-0.3, -0.25) is 9.59 Å². The summed E-state index contributed by atoms with van der Waals surface area (Å²) >= 11 is 0. The van der Waals surface area contributed by atoms with Crippen LogP contribution in [0.1, 0.15) is 0 Å². The fourth-order valence-electron chi connectivity index (χ4n) is 2.20. The van der Waals surface area contributed by atoms with Gasteiger partial charge in [-0.2, -0.15) is 0 Å². The van der Waals surface area contributed by atoms with Gasteiger partial charge in [0.05, 0.1) is 11.4 Å². The average Bonchev–Trinajstić information content (AvgIpc) is 2.56. The molecule has 6 heteroatoms. The number of nitrogens with two attached hydrogens (primary N) is 2. The summed E-state index contributed by atoms with van der Waals surface area (Å²) in [6.07, 6.45) is 2.55. The molecule has 0 amide bonds. The first-order valence-electron chi connectivity index (χ1n) is 7.28. The minimum atomic E-state index is -0.288. The second kappa shape index (κ2) is 6.29. The number of nitrogens with one attached hydrogen (secondary N) is 2. The van der Waals surface area contributed by atoms with Crippen molar-refractivity contribution >= 4 is 34.3 Å². The largest absolute Gasteiger partial charge is 0.399 e. The molecule has 0 atom stereocenters. The highest BCUT2D eigenvalue weighted by molar-refractivity contribution is 6.21. The summed E-state index contributed by atoms with van der Waals surface area (Å²) < 4.78 is 0. The van der Waals surface area contributed by atoms with E-state index in [1.165, 1.54) is 12.2 Å². The first-order chi connectivity index (χ1) is 11.5. The van der Waals surface area contributed by atoms with E-state index in [-0.39, 0.29) is 23.0 Å². The van der Waals surface area contributed by atoms with Crippen molar-refractivity contribution < 1.29 is 9.59 Å². The number of benzene rings is 2. The van der Waals surface area contributed by atoms with E-state index in [2.05, 4.69) is 10.6 Å². The van der Waals surface area contributed by atoms with Crippen LogP contribution in [-0.4, -0.2) is 11.6 Å². The first-order valence-corrected chi connectivity index (χ1v) is 7.28. The minimum absolute atomic E-state index is 0.215. The van der Waals surface area contributed by atoms with Crippen molar-refractivity contribution in [2.75, 3.05) is 22.1 Å². The van der Waals surface area contributed by atoms with Crippen LogP contribution in [0.3, 0.4) is 0 Å². The second-order valence-electron chi connectivity index (χ2n) is 5.34. The lowest BCUT2D eigenvalue weighted by atomic mass is 10.1. The van der Waals surface area contributed by atoms with Gasteiger partial charge in [-0.1, -0.05) is 0 Å². The van der Waals surface area contributed by atoms with Gasteiger partial charge in [-0.25, -0.2) is 0 Å². The van der Waals surface area contributed by atoms with E-state index in [4.69, 9.17) is 11.5 Å². The third kappa shape index (κ3) is 3.44. The zero-order chi connectivity index (χ0) is 17.1. The number of hydrogen-bond donors (Lipinski definition) is 4. The van der Waals surface area contributed by atoms with Crippen molar-refractivity contribution in [2.45, 2.75) is 0 Å². The molecule has 0 saturated carbocycles. The maximum atomic E-state index is 12.2. The standard InChI is InChI=1S/C18H16N4O2/c19-11-1-5-13(6-2-11)21-15-9-18(24)16(10-17(15)23)22-14-7-3-12(20)4-8-14/h1-10,21-22H,19-20H2. The van der Waals surface area contributed by atoms with Crippen LogP contribution in [0.5, 0.6) is 0 Å². The Labute approximate surface area is 138 Å². The van der Waals surface area contributed by atoms with Crippen molar-refractivity contribution in [3.8, 4) is 0 Å². The molecule has 3 rings (SSSR count). The zero-order valence-electron chi connectivity index (χ0n) is 12.7. The lowest BCUT2D eigenvalue weighted by Gasteiger charge is -2.15. The SMILES string of the molecule is Nc1ccc(NC2=CC(=O)C(Nc3ccc(N)cc3)=CC2=O)cc1. The van der Waals surface area contributed by atoms with Gasteiger partial charge >= 0.3 is 0 Å². The lowest BCUT2D eigenvalue weighted by molar-refractivity contribution is -0.115. The van der Waals surface area contributed by atoms with Gasteiger partial charge in [0.2, 0.25) is 11.6 Å². The molecule has 0 saturated heterocycles. The summed E-state index contributed by atoms with van der Waals surface area (Å²) in [4.78, 5) is 24.4. The molecule has 6 N–H and O–H groups in total. The Morgan fingerprint density at radius 2 is 0.917 bits per heavy atom. The fourth-order valence-corrected chi connectivity index (χ4v) is 2.20. The number of allylic oxidation sites excluding steroid dienone is 2. The molecule has 0 heterocycles. The van der Waals surface area contributed by atoms with E-state index >= 15 is 0 Å². The quantitative estimate of drug-likeness (QED) is 0.508. The van der Waals surface area contributed by atoms with E-state index in [9.17, 15) is 9.59 Å². The minimum Gasteiger partial charge on any atom is -0.399 e. The molecule has 1 aliphatic carbocycles. The summed E-state index contributed by atoms with van der Waals surface area (Å²) in [6, 6.07) is 13.8. The molecule has 0 aromatic heterocycles. The Kier molecular flexibility index (Phi) is 4.03. The van der Waals surface area contributed by atoms with Crippen molar-refractivity contribution in [1.82, 2.24) is 0 Å². The highest BCUT2D eigenvalue weighted by Gasteiger charge is 2.20. The van der Waals surface area contributed by atoms with Crippen LogP contribution in [0.4, 0.5) is 22.7 Å². The first kappa shape index (κ1) is 15.4. The Morgan fingerprint density at radius 3 is 1.25 bits per heavy atom. The summed E-state index contributed by atoms with van der Waals surface area (Å²) in [7, 11) is 0. The van der Waals surface area contributed by atoms with Gasteiger partial charge in [0, 0.05) is 34.9 Å². The molecule has 0 spiro atoms. The van der Waals surface area contributed by atoms with Gasteiger partial charge in [0.15, 0.2) is 0 Å². The molecule has 120 valence electrons. The summed E-state index contributed by atoms with van der Waals surface area (Å²) in [5.41, 5.74) is 14.3. The van der Waals surface area contributed by atoms with Crippen LogP contribution in [0, 0.1) is 0 Å². The Balaban J connectivity index is 1.73. The molecule has 0 radical (unpaired) electrons. The Morgan fingerprint density at radius 1 is 0.583 bits per heavy atom. The van der Waals surface area contributed by atoms with Crippen molar-refractivity contribution in [3.05, 3.63) is 72.1 Å². The van der Waals surface area contributed by atoms with Gasteiger partial charge in [-0.15, -0.1) is 0 Å². The van der Waals surface area contributed by atoms with Crippen LogP contribution in [0.2, 0.25) is 0 Å². The lowest BCUT2D eigenvalue weighted by Crippen LogP contribution is -2.21. The molecule has 0 aliphatic heterocycles. The van der Waals surface area contributed by atoms with Gasteiger partial charge in [0.25, 0.3) is 0 Å². The van der Waals surface area contributed by atoms with E-state index in [0.717, 1.165) is 0 Å². The third-order valence-corrected chi connectivity index (χ3v) is 3.46. The molecule has 24 heavy (non-hydrogen) atoms. The predicted octanol–water partition coefficient (Wildman–Crippen LogP) is 2.29. The highest BCUT2D eigenvalue weighted by atomic mass is 16.1. The fraction of sp³-hybridized carbons (Fsp3) is 0. The molecule has 0 unspecified atom stereocenters. The summed E-state index contributed by atoms with van der Waals surface area (Å²) in [6.45, 7) is 0. The maximum absolute atomic E-state index is 12.2. The number of carbonyl (C=O) groups excluding carboxylic acids is 2. The molecule has 2 aromatic rings. The number of carbonyl (C=O) groups is 2. The van der Waals surface area contributed by atoms with E-state index in [1.54, 1.807) is 48.5 Å². The number of ketones is 2. The third-order valence-electron chi connectivity index (χ3n) is 3.46. The summed E-state index contributed by atoms with van der Waals surface area (Å²) in [5.74, 6) is -0.575. The smallest absolute Gasteiger partial charge is 0.204 e. The normalized spacial score (nSPS) is 14.0. The van der Waals surface area contributed by atoms with E-state index in [1.807, 2.05) is 0 Å². The van der Waals surface area contributed by atoms with E-state index in [0.29, 0.717) is 22.7 Å². The number of nitrogen functional groups attached to an aromatic ring is 2. The topological polar surface area (TPSA) is 110 Å². The van der Waals surface area contributed by atoms with Gasteiger partial charge in [-0.05, 0) is 48.5 Å². The molecule has 0 bridgehead atoms. The van der Waals surface area contributed by atoms with Gasteiger partial charge < -0.3 is 22.1 Å². The van der Waals surface area contributed by atoms with Crippen LogP contribution >= 0.6 is 0 Å². The number of rotatable bonds is 4. The van der Waals surface area contributed by atoms with Crippen molar-refractivity contribution in [2.24, 2.45) is 0 Å². The van der Waals surface area contributed by atoms with Crippen LogP contribution in [0.25, 0.3) is 0 Å². The molecular formula is C18H16N4O2. The maximum Gasteiger partial charge on any atom is 0.204 e. The zero-order valence-corrected chi connectivity index (χ0v) is 12.7. The molecule has 0 fully saturated rings. The Hall–Kier alpha value is -3.54. The van der Waals surface area contributed by atoms with Gasteiger partial charge in [0.1, 0.15) is 0 Å². The molecule has 6 nitrogen and oxygen atoms in total. The Bertz CT molecular complexity index is 776.